The third-order valence-electron chi connectivity index (χ3n) is 3.79. The van der Waals surface area contributed by atoms with E-state index in [1.807, 2.05) is 43.3 Å². The summed E-state index contributed by atoms with van der Waals surface area (Å²) in [5, 5.41) is 0.643. The van der Waals surface area contributed by atoms with Crippen LogP contribution in [0.25, 0.3) is 0 Å². The van der Waals surface area contributed by atoms with Crippen molar-refractivity contribution >= 4 is 39.4 Å². The number of hydrogen-bond donors (Lipinski definition) is 0. The minimum absolute atomic E-state index is 0.262. The van der Waals surface area contributed by atoms with Gasteiger partial charge in [-0.15, -0.1) is 0 Å². The molecule has 0 aromatic heterocycles. The number of benzene rings is 3. The zero-order chi connectivity index (χ0) is 18.5. The van der Waals surface area contributed by atoms with E-state index in [0.717, 1.165) is 26.9 Å². The summed E-state index contributed by atoms with van der Waals surface area (Å²) < 4.78 is 19.8. The normalized spacial score (nSPS) is 11.1. The molecule has 0 unspecified atom stereocenters. The zero-order valence-electron chi connectivity index (χ0n) is 14.0. The van der Waals surface area contributed by atoms with Crippen LogP contribution in [0.4, 0.5) is 10.1 Å². The van der Waals surface area contributed by atoms with Crippen molar-refractivity contribution in [2.45, 2.75) is 13.5 Å². The van der Waals surface area contributed by atoms with E-state index in [1.54, 1.807) is 18.3 Å². The van der Waals surface area contributed by atoms with Gasteiger partial charge in [0.2, 0.25) is 0 Å². The molecule has 0 fully saturated rings. The highest BCUT2D eigenvalue weighted by Gasteiger charge is 2.05. The summed E-state index contributed by atoms with van der Waals surface area (Å²) in [5.74, 6) is 0.433. The molecule has 132 valence electrons. The molecule has 0 saturated carbocycles. The fourth-order valence-corrected chi connectivity index (χ4v) is 2.90. The van der Waals surface area contributed by atoms with E-state index in [9.17, 15) is 4.39 Å². The first-order valence-corrected chi connectivity index (χ1v) is 9.15. The second kappa shape index (κ2) is 8.47. The average molecular weight is 433 g/mol. The lowest BCUT2D eigenvalue weighted by Crippen LogP contribution is -1.98. The summed E-state index contributed by atoms with van der Waals surface area (Å²) in [4.78, 5) is 4.55. The van der Waals surface area contributed by atoms with Gasteiger partial charge in [-0.3, -0.25) is 4.99 Å². The van der Waals surface area contributed by atoms with Gasteiger partial charge in [0, 0.05) is 21.3 Å². The van der Waals surface area contributed by atoms with Crippen molar-refractivity contribution in [1.29, 1.82) is 0 Å². The molecule has 0 aliphatic heterocycles. The predicted octanol–water partition coefficient (Wildman–Crippen LogP) is 6.88. The molecular formula is C21H16BrClFNO. The Balaban J connectivity index is 1.82. The van der Waals surface area contributed by atoms with E-state index in [-0.39, 0.29) is 5.82 Å². The molecule has 26 heavy (non-hydrogen) atoms. The van der Waals surface area contributed by atoms with E-state index in [0.29, 0.717) is 17.4 Å². The Morgan fingerprint density at radius 3 is 2.62 bits per heavy atom. The summed E-state index contributed by atoms with van der Waals surface area (Å²) >= 11 is 9.52. The lowest BCUT2D eigenvalue weighted by molar-refractivity contribution is 0.305. The van der Waals surface area contributed by atoms with E-state index in [2.05, 4.69) is 20.9 Å². The number of hydrogen-bond acceptors (Lipinski definition) is 2. The Morgan fingerprint density at radius 1 is 1.08 bits per heavy atom. The van der Waals surface area contributed by atoms with Crippen LogP contribution in [0.3, 0.4) is 0 Å². The Bertz CT molecular complexity index is 941. The third-order valence-corrected chi connectivity index (χ3v) is 4.52. The second-order valence-electron chi connectivity index (χ2n) is 5.79. The molecule has 0 spiro atoms. The van der Waals surface area contributed by atoms with Gasteiger partial charge in [-0.2, -0.15) is 0 Å². The van der Waals surface area contributed by atoms with Gasteiger partial charge >= 0.3 is 0 Å². The van der Waals surface area contributed by atoms with Crippen LogP contribution in [-0.2, 0) is 6.61 Å². The smallest absolute Gasteiger partial charge is 0.128 e. The molecule has 0 radical (unpaired) electrons. The minimum Gasteiger partial charge on any atom is -0.488 e. The third kappa shape index (κ3) is 4.93. The van der Waals surface area contributed by atoms with Crippen LogP contribution in [0.2, 0.25) is 5.02 Å². The van der Waals surface area contributed by atoms with E-state index in [1.165, 1.54) is 12.1 Å². The molecule has 5 heteroatoms. The molecule has 2 nitrogen and oxygen atoms in total. The SMILES string of the molecule is Cc1ccc(Cl)cc1N=Cc1cc(Br)ccc1OCc1ccc(F)cc1. The monoisotopic (exact) mass is 431 g/mol. The molecule has 0 heterocycles. The first-order chi connectivity index (χ1) is 12.5. The van der Waals surface area contributed by atoms with Gasteiger partial charge in [0.05, 0.1) is 5.69 Å². The quantitative estimate of drug-likeness (QED) is 0.403. The van der Waals surface area contributed by atoms with Crippen LogP contribution < -0.4 is 4.74 Å². The van der Waals surface area contributed by atoms with E-state index < -0.39 is 0 Å². The van der Waals surface area contributed by atoms with Gasteiger partial charge in [0.1, 0.15) is 18.2 Å². The summed E-state index contributed by atoms with van der Waals surface area (Å²) in [5.41, 5.74) is 3.57. The zero-order valence-corrected chi connectivity index (χ0v) is 16.4. The lowest BCUT2D eigenvalue weighted by atomic mass is 10.2. The van der Waals surface area contributed by atoms with Crippen molar-refractivity contribution in [3.05, 3.63) is 92.7 Å². The highest BCUT2D eigenvalue weighted by molar-refractivity contribution is 9.10. The van der Waals surface area contributed by atoms with Gasteiger partial charge in [-0.1, -0.05) is 45.7 Å². The van der Waals surface area contributed by atoms with Gasteiger partial charge in [0.15, 0.2) is 0 Å². The highest BCUT2D eigenvalue weighted by atomic mass is 79.9. The molecule has 3 aromatic carbocycles. The van der Waals surface area contributed by atoms with Gasteiger partial charge in [0.25, 0.3) is 0 Å². The maximum absolute atomic E-state index is 13.0. The van der Waals surface area contributed by atoms with Crippen molar-refractivity contribution in [2.75, 3.05) is 0 Å². The maximum Gasteiger partial charge on any atom is 0.128 e. The van der Waals surface area contributed by atoms with Gasteiger partial charge in [-0.05, 0) is 60.5 Å². The number of ether oxygens (including phenoxy) is 1. The van der Waals surface area contributed by atoms with Crippen LogP contribution in [-0.4, -0.2) is 6.21 Å². The molecule has 0 bridgehead atoms. The Kier molecular flexibility index (Phi) is 6.07. The summed E-state index contributed by atoms with van der Waals surface area (Å²) in [7, 11) is 0. The number of nitrogens with zero attached hydrogens (tertiary/aromatic N) is 1. The number of aryl methyl sites for hydroxylation is 1. The van der Waals surface area contributed by atoms with Crippen LogP contribution in [0.1, 0.15) is 16.7 Å². The van der Waals surface area contributed by atoms with Crippen molar-refractivity contribution in [3.63, 3.8) is 0 Å². The largest absolute Gasteiger partial charge is 0.488 e. The molecule has 0 aliphatic carbocycles. The van der Waals surface area contributed by atoms with Crippen LogP contribution >= 0.6 is 27.5 Å². The van der Waals surface area contributed by atoms with Crippen molar-refractivity contribution in [2.24, 2.45) is 4.99 Å². The molecule has 0 atom stereocenters. The summed E-state index contributed by atoms with van der Waals surface area (Å²) in [6, 6.07) is 17.6. The van der Waals surface area contributed by atoms with Gasteiger partial charge in [-0.25, -0.2) is 4.39 Å². The van der Waals surface area contributed by atoms with E-state index >= 15 is 0 Å². The molecule has 0 aliphatic rings. The predicted molar refractivity (Wildman–Crippen MR) is 108 cm³/mol. The molecule has 0 amide bonds. The summed E-state index contributed by atoms with van der Waals surface area (Å²) in [6.07, 6.45) is 1.75. The maximum atomic E-state index is 13.0. The van der Waals surface area contributed by atoms with E-state index in [4.69, 9.17) is 16.3 Å². The Hall–Kier alpha value is -2.17. The molecule has 3 rings (SSSR count). The minimum atomic E-state index is -0.262. The first kappa shape index (κ1) is 18.6. The van der Waals surface area contributed by atoms with Crippen LogP contribution in [0.5, 0.6) is 5.75 Å². The topological polar surface area (TPSA) is 21.6 Å². The summed E-state index contributed by atoms with van der Waals surface area (Å²) in [6.45, 7) is 2.33. The van der Waals surface area contributed by atoms with Gasteiger partial charge < -0.3 is 4.74 Å². The Labute approximate surface area is 165 Å². The van der Waals surface area contributed by atoms with Crippen molar-refractivity contribution in [3.8, 4) is 5.75 Å². The average Bonchev–Trinajstić information content (AvgIpc) is 2.63. The van der Waals surface area contributed by atoms with Crippen molar-refractivity contribution < 1.29 is 9.13 Å². The lowest BCUT2D eigenvalue weighted by Gasteiger charge is -2.10. The highest BCUT2D eigenvalue weighted by Crippen LogP contribution is 2.26. The first-order valence-electron chi connectivity index (χ1n) is 7.98. The molecule has 3 aromatic rings. The molecular weight excluding hydrogens is 417 g/mol. The second-order valence-corrected chi connectivity index (χ2v) is 7.14. The molecule has 0 saturated heterocycles. The number of aliphatic imine (C=N–C) groups is 1. The molecule has 0 N–H and O–H groups in total. The van der Waals surface area contributed by atoms with Crippen LogP contribution in [0.15, 0.2) is 70.1 Å². The number of halogens is 3. The fraction of sp³-hybridized carbons (Fsp3) is 0.0952. The Morgan fingerprint density at radius 2 is 1.85 bits per heavy atom. The van der Waals surface area contributed by atoms with Crippen molar-refractivity contribution in [1.82, 2.24) is 0 Å². The van der Waals surface area contributed by atoms with Crippen LogP contribution in [0, 0.1) is 12.7 Å². The number of rotatable bonds is 5. The fourth-order valence-electron chi connectivity index (χ4n) is 2.35. The standard InChI is InChI=1S/C21H16BrClFNO/c1-14-2-6-18(23)11-20(14)25-12-16-10-17(22)5-9-21(16)26-13-15-3-7-19(24)8-4-15/h2-12H,13H2,1H3.